The number of aliphatic hydroxyl groups is 1. The molecule has 0 spiro atoms. The van der Waals surface area contributed by atoms with Gasteiger partial charge in [-0.2, -0.15) is 5.26 Å². The Balaban J connectivity index is 2.49. The molecule has 18 heavy (non-hydrogen) atoms. The summed E-state index contributed by atoms with van der Waals surface area (Å²) in [6.45, 7) is 5.48. The van der Waals surface area contributed by atoms with Gasteiger partial charge in [0.25, 0.3) is 0 Å². The SMILES string of the molecule is Cc1cc(NCCCOCCO)c(C#N)c(C)n1. The molecule has 98 valence electrons. The van der Waals surface area contributed by atoms with E-state index >= 15 is 0 Å². The lowest BCUT2D eigenvalue weighted by molar-refractivity contribution is 0.0922. The Morgan fingerprint density at radius 1 is 1.44 bits per heavy atom. The highest BCUT2D eigenvalue weighted by molar-refractivity contribution is 5.59. The maximum atomic E-state index is 9.08. The predicted molar refractivity (Wildman–Crippen MR) is 69.4 cm³/mol. The molecule has 0 bridgehead atoms. The monoisotopic (exact) mass is 249 g/mol. The van der Waals surface area contributed by atoms with Crippen LogP contribution >= 0.6 is 0 Å². The molecular formula is C13H19N3O2. The first-order valence-corrected chi connectivity index (χ1v) is 6.00. The molecule has 0 saturated heterocycles. The van der Waals surface area contributed by atoms with E-state index in [2.05, 4.69) is 16.4 Å². The number of nitriles is 1. The average molecular weight is 249 g/mol. The van der Waals surface area contributed by atoms with E-state index in [-0.39, 0.29) is 6.61 Å². The predicted octanol–water partition coefficient (Wildman–Crippen LogP) is 1.38. The lowest BCUT2D eigenvalue weighted by Gasteiger charge is -2.10. The number of hydrogen-bond donors (Lipinski definition) is 2. The molecule has 1 heterocycles. The Morgan fingerprint density at radius 3 is 2.89 bits per heavy atom. The molecule has 0 unspecified atom stereocenters. The minimum atomic E-state index is 0.0504. The van der Waals surface area contributed by atoms with Crippen molar-refractivity contribution in [2.24, 2.45) is 0 Å². The van der Waals surface area contributed by atoms with Gasteiger partial charge in [0.15, 0.2) is 0 Å². The largest absolute Gasteiger partial charge is 0.394 e. The van der Waals surface area contributed by atoms with E-state index in [1.807, 2.05) is 19.9 Å². The highest BCUT2D eigenvalue weighted by Crippen LogP contribution is 2.18. The molecule has 1 rings (SSSR count). The number of rotatable bonds is 7. The normalized spacial score (nSPS) is 10.1. The number of aromatic nitrogens is 1. The van der Waals surface area contributed by atoms with Crippen molar-refractivity contribution in [3.8, 4) is 6.07 Å². The second-order valence-electron chi connectivity index (χ2n) is 4.00. The van der Waals surface area contributed by atoms with Crippen LogP contribution in [0.2, 0.25) is 0 Å². The van der Waals surface area contributed by atoms with Gasteiger partial charge >= 0.3 is 0 Å². The van der Waals surface area contributed by atoms with Crippen LogP contribution in [0.1, 0.15) is 23.4 Å². The zero-order valence-corrected chi connectivity index (χ0v) is 10.9. The van der Waals surface area contributed by atoms with Crippen LogP contribution in [0.3, 0.4) is 0 Å². The average Bonchev–Trinajstić information content (AvgIpc) is 2.33. The summed E-state index contributed by atoms with van der Waals surface area (Å²) in [5.74, 6) is 0. The smallest absolute Gasteiger partial charge is 0.103 e. The van der Waals surface area contributed by atoms with Crippen LogP contribution in [0, 0.1) is 25.2 Å². The van der Waals surface area contributed by atoms with Crippen molar-refractivity contribution in [3.63, 3.8) is 0 Å². The van der Waals surface area contributed by atoms with Crippen molar-refractivity contribution in [2.75, 3.05) is 31.7 Å². The fraction of sp³-hybridized carbons (Fsp3) is 0.538. The molecular weight excluding hydrogens is 230 g/mol. The van der Waals surface area contributed by atoms with Gasteiger partial charge in [0.1, 0.15) is 6.07 Å². The van der Waals surface area contributed by atoms with Gasteiger partial charge in [-0.15, -0.1) is 0 Å². The van der Waals surface area contributed by atoms with Gasteiger partial charge in [-0.1, -0.05) is 0 Å². The van der Waals surface area contributed by atoms with Crippen molar-refractivity contribution in [3.05, 3.63) is 23.0 Å². The summed E-state index contributed by atoms with van der Waals surface area (Å²) in [5.41, 5.74) is 3.06. The van der Waals surface area contributed by atoms with Crippen LogP contribution in [0.4, 0.5) is 5.69 Å². The van der Waals surface area contributed by atoms with E-state index in [1.54, 1.807) is 0 Å². The van der Waals surface area contributed by atoms with Crippen molar-refractivity contribution in [1.29, 1.82) is 5.26 Å². The summed E-state index contributed by atoms with van der Waals surface area (Å²) in [5, 5.41) is 20.8. The van der Waals surface area contributed by atoms with Gasteiger partial charge in [-0.05, 0) is 26.3 Å². The molecule has 1 aromatic heterocycles. The first kappa shape index (κ1) is 14.4. The van der Waals surface area contributed by atoms with Crippen LogP contribution in [0.5, 0.6) is 0 Å². The number of nitrogens with zero attached hydrogens (tertiary/aromatic N) is 2. The third-order valence-electron chi connectivity index (χ3n) is 2.46. The van der Waals surface area contributed by atoms with E-state index in [4.69, 9.17) is 15.1 Å². The number of ether oxygens (including phenoxy) is 1. The molecule has 2 N–H and O–H groups in total. The van der Waals surface area contributed by atoms with Crippen LogP contribution in [0.25, 0.3) is 0 Å². The van der Waals surface area contributed by atoms with Gasteiger partial charge in [0.2, 0.25) is 0 Å². The maximum absolute atomic E-state index is 9.08. The molecule has 0 radical (unpaired) electrons. The minimum absolute atomic E-state index is 0.0504. The molecule has 0 aliphatic heterocycles. The lowest BCUT2D eigenvalue weighted by atomic mass is 10.1. The van der Waals surface area contributed by atoms with E-state index < -0.39 is 0 Å². The van der Waals surface area contributed by atoms with Crippen LogP contribution in [0.15, 0.2) is 6.07 Å². The van der Waals surface area contributed by atoms with Gasteiger partial charge in [-0.25, -0.2) is 0 Å². The highest BCUT2D eigenvalue weighted by atomic mass is 16.5. The molecule has 0 saturated carbocycles. The van der Waals surface area contributed by atoms with Crippen molar-refractivity contribution < 1.29 is 9.84 Å². The number of hydrogen-bond acceptors (Lipinski definition) is 5. The molecule has 0 amide bonds. The molecule has 5 nitrogen and oxygen atoms in total. The van der Waals surface area contributed by atoms with Crippen molar-refractivity contribution >= 4 is 5.69 Å². The summed E-state index contributed by atoms with van der Waals surface area (Å²) in [7, 11) is 0. The van der Waals surface area contributed by atoms with E-state index in [0.29, 0.717) is 18.8 Å². The van der Waals surface area contributed by atoms with Gasteiger partial charge < -0.3 is 15.2 Å². The van der Waals surface area contributed by atoms with E-state index in [1.165, 1.54) is 0 Å². The zero-order valence-electron chi connectivity index (χ0n) is 10.9. The number of aryl methyl sites for hydroxylation is 2. The fourth-order valence-corrected chi connectivity index (χ4v) is 1.67. The number of nitrogens with one attached hydrogen (secondary N) is 1. The second-order valence-corrected chi connectivity index (χ2v) is 4.00. The summed E-state index contributed by atoms with van der Waals surface area (Å²) in [6, 6.07) is 4.04. The van der Waals surface area contributed by atoms with Gasteiger partial charge in [-0.3, -0.25) is 4.98 Å². The highest BCUT2D eigenvalue weighted by Gasteiger charge is 2.07. The topological polar surface area (TPSA) is 78.2 Å². The standard InChI is InChI=1S/C13H19N3O2/c1-10-8-13(12(9-14)11(2)16-10)15-4-3-6-18-7-5-17/h8,17H,3-7H2,1-2H3,(H,15,16). The van der Waals surface area contributed by atoms with Crippen LogP contribution in [-0.4, -0.2) is 36.5 Å². The Kier molecular flexibility index (Phi) is 6.12. The Morgan fingerprint density at radius 2 is 2.22 bits per heavy atom. The third-order valence-corrected chi connectivity index (χ3v) is 2.46. The lowest BCUT2D eigenvalue weighted by Crippen LogP contribution is -2.09. The quantitative estimate of drug-likeness (QED) is 0.714. The number of pyridine rings is 1. The van der Waals surface area contributed by atoms with E-state index in [9.17, 15) is 0 Å². The Bertz CT molecular complexity index is 427. The van der Waals surface area contributed by atoms with E-state index in [0.717, 1.165) is 30.0 Å². The van der Waals surface area contributed by atoms with Gasteiger partial charge in [0, 0.05) is 18.8 Å². The molecule has 5 heteroatoms. The minimum Gasteiger partial charge on any atom is -0.394 e. The Hall–Kier alpha value is -1.64. The molecule has 0 fully saturated rings. The molecule has 0 atom stereocenters. The maximum Gasteiger partial charge on any atom is 0.103 e. The molecule has 1 aromatic rings. The number of anilines is 1. The van der Waals surface area contributed by atoms with Crippen LogP contribution in [-0.2, 0) is 4.74 Å². The molecule has 0 aliphatic carbocycles. The Labute approximate surface area is 107 Å². The molecule has 0 aromatic carbocycles. The summed E-state index contributed by atoms with van der Waals surface area (Å²) >= 11 is 0. The van der Waals surface area contributed by atoms with Crippen molar-refractivity contribution in [2.45, 2.75) is 20.3 Å². The summed E-state index contributed by atoms with van der Waals surface area (Å²) < 4.78 is 5.16. The first-order chi connectivity index (χ1) is 8.69. The zero-order chi connectivity index (χ0) is 13.4. The first-order valence-electron chi connectivity index (χ1n) is 6.00. The van der Waals surface area contributed by atoms with Crippen LogP contribution < -0.4 is 5.32 Å². The van der Waals surface area contributed by atoms with Crippen molar-refractivity contribution in [1.82, 2.24) is 4.98 Å². The summed E-state index contributed by atoms with van der Waals surface area (Å²) in [6.07, 6.45) is 0.825. The second kappa shape index (κ2) is 7.64. The third kappa shape index (κ3) is 4.32. The van der Waals surface area contributed by atoms with Gasteiger partial charge in [0.05, 0.1) is 30.2 Å². The fourth-order valence-electron chi connectivity index (χ4n) is 1.67. The molecule has 0 aliphatic rings. The summed E-state index contributed by atoms with van der Waals surface area (Å²) in [4.78, 5) is 4.26. The number of aliphatic hydroxyl groups excluding tert-OH is 1.